The second kappa shape index (κ2) is 9.96. The Morgan fingerprint density at radius 2 is 2.30 bits per heavy atom. The molecule has 1 aliphatic rings. The van der Waals surface area contributed by atoms with Gasteiger partial charge in [-0.2, -0.15) is 0 Å². The van der Waals surface area contributed by atoms with Crippen molar-refractivity contribution in [3.63, 3.8) is 0 Å². The van der Waals surface area contributed by atoms with Crippen LogP contribution in [-0.4, -0.2) is 36.2 Å². The molecular formula is C14H20BrN3O4S. The Hall–Kier alpha value is -1.03. The summed E-state index contributed by atoms with van der Waals surface area (Å²) in [6, 6.07) is 0. The average Bonchev–Trinajstić information content (AvgIpc) is 3.00. The number of halogens is 1. The van der Waals surface area contributed by atoms with E-state index in [0.717, 1.165) is 19.3 Å². The van der Waals surface area contributed by atoms with E-state index in [1.54, 1.807) is 5.38 Å². The van der Waals surface area contributed by atoms with Crippen LogP contribution in [0.5, 0.6) is 0 Å². The minimum absolute atomic E-state index is 0.172. The van der Waals surface area contributed by atoms with Crippen LogP contribution in [0.4, 0.5) is 0 Å². The van der Waals surface area contributed by atoms with E-state index in [2.05, 4.69) is 31.7 Å². The highest BCUT2D eigenvalue weighted by atomic mass is 79.9. The molecule has 1 aromatic rings. The number of unbranched alkanes of at least 4 members (excludes halogenated alkanes) is 1. The van der Waals surface area contributed by atoms with Gasteiger partial charge in [0, 0.05) is 31.4 Å². The summed E-state index contributed by atoms with van der Waals surface area (Å²) >= 11 is 4.58. The Labute approximate surface area is 147 Å². The first kappa shape index (κ1) is 18.3. The van der Waals surface area contributed by atoms with E-state index in [0.29, 0.717) is 42.0 Å². The van der Waals surface area contributed by atoms with Gasteiger partial charge in [-0.25, -0.2) is 15.3 Å². The van der Waals surface area contributed by atoms with Crippen LogP contribution in [0.15, 0.2) is 9.30 Å². The van der Waals surface area contributed by atoms with Crippen LogP contribution in [-0.2, 0) is 14.4 Å². The first-order valence-electron chi connectivity index (χ1n) is 7.60. The van der Waals surface area contributed by atoms with Gasteiger partial charge in [-0.15, -0.1) is 11.3 Å². The topological polar surface area (TPSA) is 89.6 Å². The zero-order chi connectivity index (χ0) is 16.5. The van der Waals surface area contributed by atoms with Gasteiger partial charge >= 0.3 is 0 Å². The lowest BCUT2D eigenvalue weighted by atomic mass is 10.2. The summed E-state index contributed by atoms with van der Waals surface area (Å²) < 4.78 is 6.03. The van der Waals surface area contributed by atoms with Crippen LogP contribution in [0.2, 0.25) is 0 Å². The fourth-order valence-corrected chi connectivity index (χ4v) is 3.04. The monoisotopic (exact) mass is 405 g/mol. The van der Waals surface area contributed by atoms with Crippen LogP contribution in [0.3, 0.4) is 0 Å². The van der Waals surface area contributed by atoms with Crippen molar-refractivity contribution in [2.75, 3.05) is 13.2 Å². The number of nitrogens with one attached hydrogen (secondary N) is 2. The molecular weight excluding hydrogens is 386 g/mol. The summed E-state index contributed by atoms with van der Waals surface area (Å²) in [7, 11) is 0. The number of carbonyl (C=O) groups is 2. The molecule has 0 saturated carbocycles. The summed E-state index contributed by atoms with van der Waals surface area (Å²) in [6.45, 7) is 1.18. The van der Waals surface area contributed by atoms with E-state index in [4.69, 9.17) is 9.57 Å². The SMILES string of the molecule is O=C(CCCCNC(=O)c1csc(Br)n1)NOC1CCCCO1. The highest BCUT2D eigenvalue weighted by molar-refractivity contribution is 9.11. The van der Waals surface area contributed by atoms with Gasteiger partial charge in [0.1, 0.15) is 5.69 Å². The van der Waals surface area contributed by atoms with Crippen LogP contribution < -0.4 is 10.8 Å². The van der Waals surface area contributed by atoms with Crippen molar-refractivity contribution in [1.29, 1.82) is 0 Å². The zero-order valence-corrected chi connectivity index (χ0v) is 15.1. The molecule has 2 N–H and O–H groups in total. The first-order chi connectivity index (χ1) is 11.1. The third-order valence-corrected chi connectivity index (χ3v) is 4.63. The number of ether oxygens (including phenoxy) is 1. The smallest absolute Gasteiger partial charge is 0.270 e. The summed E-state index contributed by atoms with van der Waals surface area (Å²) in [4.78, 5) is 32.6. The lowest BCUT2D eigenvalue weighted by Crippen LogP contribution is -2.33. The maximum Gasteiger partial charge on any atom is 0.270 e. The maximum atomic E-state index is 11.7. The molecule has 0 aromatic carbocycles. The largest absolute Gasteiger partial charge is 0.351 e. The Bertz CT molecular complexity index is 520. The number of hydrogen-bond donors (Lipinski definition) is 2. The van der Waals surface area contributed by atoms with Crippen LogP contribution >= 0.6 is 27.3 Å². The minimum atomic E-state index is -0.329. The molecule has 0 bridgehead atoms. The highest BCUT2D eigenvalue weighted by Crippen LogP contribution is 2.15. The van der Waals surface area contributed by atoms with Gasteiger partial charge in [-0.3, -0.25) is 9.59 Å². The van der Waals surface area contributed by atoms with E-state index in [1.807, 2.05) is 0 Å². The summed E-state index contributed by atoms with van der Waals surface area (Å²) in [6.07, 6.45) is 4.30. The molecule has 1 fully saturated rings. The van der Waals surface area contributed by atoms with Crippen molar-refractivity contribution in [3.8, 4) is 0 Å². The number of nitrogens with zero attached hydrogens (tertiary/aromatic N) is 1. The number of amides is 2. The van der Waals surface area contributed by atoms with Crippen LogP contribution in [0.1, 0.15) is 49.0 Å². The molecule has 1 unspecified atom stereocenters. The van der Waals surface area contributed by atoms with Crippen molar-refractivity contribution in [3.05, 3.63) is 15.0 Å². The van der Waals surface area contributed by atoms with E-state index in [-0.39, 0.29) is 18.1 Å². The van der Waals surface area contributed by atoms with Gasteiger partial charge in [-0.05, 0) is 41.6 Å². The minimum Gasteiger partial charge on any atom is -0.351 e. The third-order valence-electron chi connectivity index (χ3n) is 3.27. The van der Waals surface area contributed by atoms with Crippen molar-refractivity contribution >= 4 is 39.1 Å². The second-order valence-electron chi connectivity index (χ2n) is 5.14. The van der Waals surface area contributed by atoms with E-state index >= 15 is 0 Å². The molecule has 23 heavy (non-hydrogen) atoms. The number of carbonyl (C=O) groups excluding carboxylic acids is 2. The first-order valence-corrected chi connectivity index (χ1v) is 9.28. The van der Waals surface area contributed by atoms with Gasteiger partial charge in [0.25, 0.3) is 5.91 Å². The predicted molar refractivity (Wildman–Crippen MR) is 88.8 cm³/mol. The molecule has 0 radical (unpaired) electrons. The van der Waals surface area contributed by atoms with Crippen molar-refractivity contribution in [2.45, 2.75) is 44.8 Å². The molecule has 1 saturated heterocycles. The Balaban J connectivity index is 1.49. The van der Waals surface area contributed by atoms with E-state index in [1.165, 1.54) is 11.3 Å². The maximum absolute atomic E-state index is 11.7. The average molecular weight is 406 g/mol. The molecule has 7 nitrogen and oxygen atoms in total. The Kier molecular flexibility index (Phi) is 7.93. The van der Waals surface area contributed by atoms with Gasteiger partial charge in [0.15, 0.2) is 10.2 Å². The van der Waals surface area contributed by atoms with E-state index < -0.39 is 0 Å². The van der Waals surface area contributed by atoms with Crippen molar-refractivity contribution < 1.29 is 19.2 Å². The van der Waals surface area contributed by atoms with Crippen molar-refractivity contribution in [2.24, 2.45) is 0 Å². The molecule has 0 spiro atoms. The molecule has 1 aliphatic heterocycles. The fourth-order valence-electron chi connectivity index (χ4n) is 2.05. The molecule has 128 valence electrons. The summed E-state index contributed by atoms with van der Waals surface area (Å²) in [5, 5.41) is 4.46. The Morgan fingerprint density at radius 3 is 3.00 bits per heavy atom. The molecule has 2 heterocycles. The number of thiazole rings is 1. The highest BCUT2D eigenvalue weighted by Gasteiger charge is 2.15. The normalized spacial score (nSPS) is 17.7. The standard InChI is InChI=1S/C14H20BrN3O4S/c15-14-17-10(9-23-14)13(20)16-7-3-1-5-11(19)18-22-12-6-2-4-8-21-12/h9,12H,1-8H2,(H,16,20)(H,18,19). The number of aromatic nitrogens is 1. The zero-order valence-electron chi connectivity index (χ0n) is 12.7. The van der Waals surface area contributed by atoms with Gasteiger partial charge in [-0.1, -0.05) is 0 Å². The van der Waals surface area contributed by atoms with E-state index in [9.17, 15) is 9.59 Å². The predicted octanol–water partition coefficient (Wildman–Crippen LogP) is 2.38. The fraction of sp³-hybridized carbons (Fsp3) is 0.643. The molecule has 2 amide bonds. The second-order valence-corrected chi connectivity index (χ2v) is 7.27. The number of hydroxylamine groups is 1. The Morgan fingerprint density at radius 1 is 1.43 bits per heavy atom. The molecule has 0 aliphatic carbocycles. The molecule has 9 heteroatoms. The number of hydrogen-bond acceptors (Lipinski definition) is 6. The lowest BCUT2D eigenvalue weighted by molar-refractivity contribution is -0.200. The van der Waals surface area contributed by atoms with Gasteiger partial charge < -0.3 is 10.1 Å². The quantitative estimate of drug-likeness (QED) is 0.511. The molecule has 1 atom stereocenters. The third kappa shape index (κ3) is 6.94. The lowest BCUT2D eigenvalue weighted by Gasteiger charge is -2.22. The van der Waals surface area contributed by atoms with Crippen LogP contribution in [0.25, 0.3) is 0 Å². The molecule has 2 rings (SSSR count). The number of rotatable bonds is 8. The van der Waals surface area contributed by atoms with Crippen molar-refractivity contribution in [1.82, 2.24) is 15.8 Å². The van der Waals surface area contributed by atoms with Gasteiger partial charge in [0.2, 0.25) is 5.91 Å². The van der Waals surface area contributed by atoms with Crippen LogP contribution in [0, 0.1) is 0 Å². The van der Waals surface area contributed by atoms with Gasteiger partial charge in [0.05, 0.1) is 0 Å². The molecule has 1 aromatic heterocycles. The summed E-state index contributed by atoms with van der Waals surface area (Å²) in [5.74, 6) is -0.372. The summed E-state index contributed by atoms with van der Waals surface area (Å²) in [5.41, 5.74) is 2.82.